The molecule has 1 amide bonds. The van der Waals surface area contributed by atoms with Crippen LogP contribution in [-0.2, 0) is 0 Å². The lowest BCUT2D eigenvalue weighted by Gasteiger charge is -2.18. The minimum atomic E-state index is -0.799. The number of methoxy groups -OCH3 is 1. The van der Waals surface area contributed by atoms with Crippen LogP contribution in [0.25, 0.3) is 33.4 Å². The lowest BCUT2D eigenvalue weighted by Crippen LogP contribution is -2.28. The maximum absolute atomic E-state index is 12.5. The maximum Gasteiger partial charge on any atom is 0.277 e. The van der Waals surface area contributed by atoms with Gasteiger partial charge in [0.25, 0.3) is 17.3 Å². The SMILES string of the molecule is COc1ccc2c(-c3ccc(OCCNC(=O)c4cc([N+](=O)[O-])cc([N+](=O)[O-])c4)cc3C)c3ccc(=O)cc-3oc2c1. The Labute approximate surface area is 237 Å². The van der Waals surface area contributed by atoms with E-state index in [1.807, 2.05) is 31.2 Å². The third-order valence-corrected chi connectivity index (χ3v) is 6.61. The zero-order valence-corrected chi connectivity index (χ0v) is 22.4. The number of benzene rings is 4. The summed E-state index contributed by atoms with van der Waals surface area (Å²) in [6.07, 6.45) is 0. The molecule has 12 nitrogen and oxygen atoms in total. The molecule has 3 aromatic rings. The number of ether oxygens (including phenoxy) is 2. The Morgan fingerprint density at radius 1 is 0.881 bits per heavy atom. The first-order chi connectivity index (χ1) is 20.1. The molecule has 0 radical (unpaired) electrons. The standard InChI is InChI=1S/C30H23N3O9/c1-17-11-23(41-10-9-31-30(35)18-12-19(32(36)37)14-20(13-18)33(38)39)5-7-24(17)29-25-6-3-21(34)15-27(25)42-28-16-22(40-2)4-8-26(28)29/h3-8,11-16H,9-10H2,1-2H3,(H,31,35). The van der Waals surface area contributed by atoms with Crippen LogP contribution in [0.5, 0.6) is 11.5 Å². The van der Waals surface area contributed by atoms with Gasteiger partial charge in [0.1, 0.15) is 29.4 Å². The highest BCUT2D eigenvalue weighted by Gasteiger charge is 2.21. The van der Waals surface area contributed by atoms with Gasteiger partial charge in [0.2, 0.25) is 0 Å². The van der Waals surface area contributed by atoms with Crippen molar-refractivity contribution in [2.75, 3.05) is 20.3 Å². The van der Waals surface area contributed by atoms with E-state index in [9.17, 15) is 29.8 Å². The van der Waals surface area contributed by atoms with E-state index in [0.717, 1.165) is 45.8 Å². The Morgan fingerprint density at radius 3 is 2.24 bits per heavy atom. The van der Waals surface area contributed by atoms with Crippen molar-refractivity contribution in [3.63, 3.8) is 0 Å². The predicted octanol–water partition coefficient (Wildman–Crippen LogP) is 5.51. The number of amides is 1. The monoisotopic (exact) mass is 569 g/mol. The fourth-order valence-corrected chi connectivity index (χ4v) is 4.65. The molecule has 1 aliphatic carbocycles. The normalized spacial score (nSPS) is 10.9. The fourth-order valence-electron chi connectivity index (χ4n) is 4.65. The van der Waals surface area contributed by atoms with Crippen LogP contribution in [0, 0.1) is 27.2 Å². The molecule has 0 saturated heterocycles. The van der Waals surface area contributed by atoms with Crippen molar-refractivity contribution >= 4 is 28.3 Å². The number of rotatable bonds is 9. The van der Waals surface area contributed by atoms with E-state index in [1.165, 1.54) is 12.1 Å². The average Bonchev–Trinajstić information content (AvgIpc) is 2.97. The number of nitrogens with one attached hydrogen (secondary N) is 1. The van der Waals surface area contributed by atoms with Crippen molar-refractivity contribution < 1.29 is 28.5 Å². The summed E-state index contributed by atoms with van der Waals surface area (Å²) in [7, 11) is 1.56. The van der Waals surface area contributed by atoms with Crippen LogP contribution in [0.15, 0.2) is 82.0 Å². The lowest BCUT2D eigenvalue weighted by molar-refractivity contribution is -0.394. The first-order valence-corrected chi connectivity index (χ1v) is 12.6. The highest BCUT2D eigenvalue weighted by Crippen LogP contribution is 2.42. The summed E-state index contributed by atoms with van der Waals surface area (Å²) >= 11 is 0. The van der Waals surface area contributed by atoms with Gasteiger partial charge in [-0.05, 0) is 54.4 Å². The first-order valence-electron chi connectivity index (χ1n) is 12.6. The molecule has 1 N–H and O–H groups in total. The summed E-state index contributed by atoms with van der Waals surface area (Å²) in [4.78, 5) is 45.1. The second kappa shape index (κ2) is 11.4. The fraction of sp³-hybridized carbons (Fsp3) is 0.133. The molecule has 0 fully saturated rings. The average molecular weight is 570 g/mol. The summed E-state index contributed by atoms with van der Waals surface area (Å²) in [5.74, 6) is 0.895. The van der Waals surface area contributed by atoms with Crippen molar-refractivity contribution in [1.82, 2.24) is 5.32 Å². The predicted molar refractivity (Wildman–Crippen MR) is 153 cm³/mol. The smallest absolute Gasteiger partial charge is 0.277 e. The Bertz CT molecular complexity index is 1870. The van der Waals surface area contributed by atoms with Gasteiger partial charge in [-0.1, -0.05) is 6.07 Å². The van der Waals surface area contributed by atoms with Crippen molar-refractivity contribution in [3.05, 3.63) is 114 Å². The van der Waals surface area contributed by atoms with Crippen molar-refractivity contribution in [1.29, 1.82) is 0 Å². The number of non-ortho nitro benzene ring substituents is 2. The van der Waals surface area contributed by atoms with Crippen LogP contribution in [0.4, 0.5) is 11.4 Å². The number of nitro groups is 2. The van der Waals surface area contributed by atoms with Gasteiger partial charge in [0, 0.05) is 40.8 Å². The number of carbonyl (C=O) groups excluding carboxylic acids is 1. The summed E-state index contributed by atoms with van der Waals surface area (Å²) in [6, 6.07) is 18.4. The van der Waals surface area contributed by atoms with E-state index < -0.39 is 27.1 Å². The van der Waals surface area contributed by atoms with E-state index in [-0.39, 0.29) is 24.1 Å². The molecule has 1 heterocycles. The lowest BCUT2D eigenvalue weighted by atomic mass is 9.91. The van der Waals surface area contributed by atoms with Crippen molar-refractivity contribution in [2.45, 2.75) is 6.92 Å². The number of nitrogens with zero attached hydrogens (tertiary/aromatic N) is 2. The Hall–Kier alpha value is -5.78. The molecule has 1 aliphatic heterocycles. The molecule has 212 valence electrons. The van der Waals surface area contributed by atoms with Crippen LogP contribution >= 0.6 is 0 Å². The van der Waals surface area contributed by atoms with Gasteiger partial charge >= 0.3 is 0 Å². The largest absolute Gasteiger partial charge is 0.497 e. The third kappa shape index (κ3) is 5.59. The summed E-state index contributed by atoms with van der Waals surface area (Å²) in [5.41, 5.74) is 2.52. The van der Waals surface area contributed by atoms with Crippen LogP contribution in [0.3, 0.4) is 0 Å². The quantitative estimate of drug-likeness (QED) is 0.104. The summed E-state index contributed by atoms with van der Waals surface area (Å²) in [6.45, 7) is 2.04. The summed E-state index contributed by atoms with van der Waals surface area (Å²) in [5, 5.41) is 25.6. The molecule has 3 aromatic carbocycles. The highest BCUT2D eigenvalue weighted by atomic mass is 16.6. The van der Waals surface area contributed by atoms with Gasteiger partial charge in [0.05, 0.1) is 35.1 Å². The van der Waals surface area contributed by atoms with Crippen LogP contribution in [-0.4, -0.2) is 36.0 Å². The highest BCUT2D eigenvalue weighted by molar-refractivity contribution is 6.02. The molecular weight excluding hydrogens is 546 g/mol. The molecule has 0 unspecified atom stereocenters. The Morgan fingerprint density at radius 2 is 1.57 bits per heavy atom. The van der Waals surface area contributed by atoms with Gasteiger partial charge in [-0.15, -0.1) is 0 Å². The van der Waals surface area contributed by atoms with Gasteiger partial charge in [-0.2, -0.15) is 0 Å². The molecule has 0 aromatic heterocycles. The molecule has 0 bridgehead atoms. The number of carbonyl (C=O) groups is 1. The second-order valence-electron chi connectivity index (χ2n) is 9.33. The maximum atomic E-state index is 12.5. The van der Waals surface area contributed by atoms with E-state index in [1.54, 1.807) is 25.3 Å². The minimum absolute atomic E-state index is 0.0466. The molecule has 42 heavy (non-hydrogen) atoms. The van der Waals surface area contributed by atoms with E-state index in [0.29, 0.717) is 22.8 Å². The number of nitro benzene ring substituents is 2. The Balaban J connectivity index is 1.34. The van der Waals surface area contributed by atoms with Gasteiger partial charge in [0.15, 0.2) is 5.43 Å². The van der Waals surface area contributed by atoms with Gasteiger partial charge in [-0.25, -0.2) is 0 Å². The number of fused-ring (bicyclic) bond motifs is 2. The molecule has 2 aliphatic rings. The van der Waals surface area contributed by atoms with Gasteiger partial charge in [-0.3, -0.25) is 29.8 Å². The van der Waals surface area contributed by atoms with Crippen LogP contribution in [0.1, 0.15) is 15.9 Å². The van der Waals surface area contributed by atoms with Crippen LogP contribution < -0.4 is 20.2 Å². The number of aryl methyl sites for hydroxylation is 1. The van der Waals surface area contributed by atoms with E-state index >= 15 is 0 Å². The topological polar surface area (TPSA) is 164 Å². The van der Waals surface area contributed by atoms with E-state index in [4.69, 9.17) is 13.9 Å². The van der Waals surface area contributed by atoms with Crippen molar-refractivity contribution in [3.8, 4) is 33.9 Å². The first kappa shape index (κ1) is 27.8. The van der Waals surface area contributed by atoms with Crippen molar-refractivity contribution in [2.24, 2.45) is 0 Å². The number of hydrogen-bond acceptors (Lipinski definition) is 9. The number of hydrogen-bond donors (Lipinski definition) is 1. The van der Waals surface area contributed by atoms with E-state index in [2.05, 4.69) is 5.32 Å². The molecule has 5 rings (SSSR count). The summed E-state index contributed by atoms with van der Waals surface area (Å²) < 4.78 is 17.2. The molecule has 12 heteroatoms. The second-order valence-corrected chi connectivity index (χ2v) is 9.33. The molecule has 0 saturated carbocycles. The van der Waals surface area contributed by atoms with Crippen LogP contribution in [0.2, 0.25) is 0 Å². The van der Waals surface area contributed by atoms with Gasteiger partial charge < -0.3 is 19.2 Å². The Kier molecular flexibility index (Phi) is 7.52. The molecule has 0 spiro atoms. The molecular formula is C30H23N3O9. The third-order valence-electron chi connectivity index (χ3n) is 6.61. The zero-order valence-electron chi connectivity index (χ0n) is 22.4. The zero-order chi connectivity index (χ0) is 30.0. The molecule has 0 atom stereocenters. The minimum Gasteiger partial charge on any atom is -0.497 e.